The van der Waals surface area contributed by atoms with Crippen molar-refractivity contribution in [2.75, 3.05) is 0 Å². The van der Waals surface area contributed by atoms with Crippen LogP contribution < -0.4 is 5.32 Å². The van der Waals surface area contributed by atoms with Gasteiger partial charge in [-0.15, -0.1) is 0 Å². The van der Waals surface area contributed by atoms with Gasteiger partial charge in [0.25, 0.3) is 5.91 Å². The Bertz CT molecular complexity index is 510. The quantitative estimate of drug-likeness (QED) is 0.845. The van der Waals surface area contributed by atoms with Gasteiger partial charge in [-0.25, -0.2) is 0 Å². The lowest BCUT2D eigenvalue weighted by Gasteiger charge is -2.31. The highest BCUT2D eigenvalue weighted by molar-refractivity contribution is 6.31. The second kappa shape index (κ2) is 6.75. The van der Waals surface area contributed by atoms with Crippen molar-refractivity contribution in [1.82, 2.24) is 5.32 Å². The van der Waals surface area contributed by atoms with Crippen molar-refractivity contribution in [2.24, 2.45) is 0 Å². The topological polar surface area (TPSA) is 66.4 Å². The number of carbonyl (C=O) groups is 2. The number of amides is 1. The minimum absolute atomic E-state index is 0.0919. The van der Waals surface area contributed by atoms with Crippen LogP contribution in [0.3, 0.4) is 0 Å². The smallest absolute Gasteiger partial charge is 0.305 e. The van der Waals surface area contributed by atoms with Crippen LogP contribution in [-0.4, -0.2) is 22.5 Å². The zero-order valence-electron chi connectivity index (χ0n) is 12.0. The van der Waals surface area contributed by atoms with E-state index in [0.717, 1.165) is 5.56 Å². The molecule has 1 rings (SSSR count). The lowest BCUT2D eigenvalue weighted by atomic mass is 9.88. The van der Waals surface area contributed by atoms with Gasteiger partial charge in [-0.3, -0.25) is 9.59 Å². The molecule has 0 saturated carbocycles. The largest absolute Gasteiger partial charge is 0.481 e. The summed E-state index contributed by atoms with van der Waals surface area (Å²) >= 11 is 5.91. The van der Waals surface area contributed by atoms with E-state index in [1.165, 1.54) is 0 Å². The van der Waals surface area contributed by atoms with Gasteiger partial charge in [-0.05, 0) is 37.5 Å². The minimum atomic E-state index is -0.920. The number of hydrogen-bond acceptors (Lipinski definition) is 2. The zero-order chi connectivity index (χ0) is 15.3. The van der Waals surface area contributed by atoms with Crippen LogP contribution in [0.5, 0.6) is 0 Å². The van der Waals surface area contributed by atoms with Crippen LogP contribution in [0, 0.1) is 6.92 Å². The third kappa shape index (κ3) is 3.97. The summed E-state index contributed by atoms with van der Waals surface area (Å²) in [4.78, 5) is 23.4. The van der Waals surface area contributed by atoms with Gasteiger partial charge in [-0.2, -0.15) is 0 Å². The summed E-state index contributed by atoms with van der Waals surface area (Å²) in [5.41, 5.74) is 0.565. The Balaban J connectivity index is 3.02. The molecule has 1 amide bonds. The molecule has 0 bridgehead atoms. The molecule has 0 heterocycles. The first-order chi connectivity index (χ1) is 9.33. The maximum absolute atomic E-state index is 12.4. The summed E-state index contributed by atoms with van der Waals surface area (Å²) in [6.07, 6.45) is 1.02. The first kappa shape index (κ1) is 16.5. The first-order valence-electron chi connectivity index (χ1n) is 6.64. The normalized spacial score (nSPS) is 11.2. The van der Waals surface area contributed by atoms with Crippen LogP contribution in [0.2, 0.25) is 5.02 Å². The fraction of sp³-hybridized carbons (Fsp3) is 0.467. The fourth-order valence-electron chi connectivity index (χ4n) is 2.16. The highest BCUT2D eigenvalue weighted by Gasteiger charge is 2.31. The van der Waals surface area contributed by atoms with Gasteiger partial charge < -0.3 is 10.4 Å². The molecule has 0 aliphatic carbocycles. The molecule has 1 aromatic carbocycles. The average Bonchev–Trinajstić information content (AvgIpc) is 2.40. The van der Waals surface area contributed by atoms with Crippen LogP contribution in [0.1, 0.15) is 49.0 Å². The Morgan fingerprint density at radius 1 is 1.30 bits per heavy atom. The van der Waals surface area contributed by atoms with Crippen molar-refractivity contribution in [3.8, 4) is 0 Å². The highest BCUT2D eigenvalue weighted by atomic mass is 35.5. The maximum atomic E-state index is 12.4. The number of carbonyl (C=O) groups excluding carboxylic acids is 1. The van der Waals surface area contributed by atoms with Crippen LogP contribution in [0.15, 0.2) is 18.2 Å². The van der Waals surface area contributed by atoms with Gasteiger partial charge in [0.15, 0.2) is 0 Å². The van der Waals surface area contributed by atoms with Crippen molar-refractivity contribution in [3.63, 3.8) is 0 Å². The van der Waals surface area contributed by atoms with Crippen LogP contribution in [-0.2, 0) is 4.79 Å². The molecule has 20 heavy (non-hydrogen) atoms. The number of nitrogens with one attached hydrogen (secondary N) is 1. The zero-order valence-corrected chi connectivity index (χ0v) is 12.8. The van der Waals surface area contributed by atoms with E-state index in [0.29, 0.717) is 23.4 Å². The summed E-state index contributed by atoms with van der Waals surface area (Å²) < 4.78 is 0. The van der Waals surface area contributed by atoms with Crippen molar-refractivity contribution in [1.29, 1.82) is 0 Å². The molecule has 0 unspecified atom stereocenters. The van der Waals surface area contributed by atoms with Gasteiger partial charge in [0, 0.05) is 10.6 Å². The van der Waals surface area contributed by atoms with Gasteiger partial charge in [-0.1, -0.05) is 31.5 Å². The Morgan fingerprint density at radius 3 is 2.40 bits per heavy atom. The number of rotatable bonds is 6. The predicted molar refractivity (Wildman–Crippen MR) is 79.2 cm³/mol. The lowest BCUT2D eigenvalue weighted by molar-refractivity contribution is -0.138. The molecule has 0 spiro atoms. The number of aryl methyl sites for hydroxylation is 1. The molecular formula is C15H20ClNO3. The summed E-state index contributed by atoms with van der Waals surface area (Å²) in [6, 6.07) is 5.09. The van der Waals surface area contributed by atoms with E-state index in [9.17, 15) is 9.59 Å². The summed E-state index contributed by atoms with van der Waals surface area (Å²) in [7, 11) is 0. The number of halogens is 1. The molecule has 110 valence electrons. The van der Waals surface area contributed by atoms with Crippen LogP contribution in [0.25, 0.3) is 0 Å². The third-order valence-corrected chi connectivity index (χ3v) is 3.90. The van der Waals surface area contributed by atoms with Crippen molar-refractivity contribution >= 4 is 23.5 Å². The molecule has 0 radical (unpaired) electrons. The second-order valence-electron chi connectivity index (χ2n) is 4.97. The minimum Gasteiger partial charge on any atom is -0.481 e. The Hall–Kier alpha value is -1.55. The fourth-order valence-corrected chi connectivity index (χ4v) is 2.33. The summed E-state index contributed by atoms with van der Waals surface area (Å²) in [6.45, 7) is 5.57. The van der Waals surface area contributed by atoms with Crippen LogP contribution in [0.4, 0.5) is 0 Å². The molecule has 0 saturated heterocycles. The van der Waals surface area contributed by atoms with E-state index in [1.54, 1.807) is 18.2 Å². The number of aliphatic carboxylic acids is 1. The lowest BCUT2D eigenvalue weighted by Crippen LogP contribution is -2.49. The Morgan fingerprint density at radius 2 is 1.90 bits per heavy atom. The van der Waals surface area contributed by atoms with Crippen molar-refractivity contribution < 1.29 is 14.7 Å². The number of carboxylic acid groups (broad SMARTS) is 1. The molecule has 0 aliphatic rings. The standard InChI is InChI=1S/C15H20ClNO3/c1-4-15(5-2,9-13(18)19)17-14(20)12-8-11(16)7-6-10(12)3/h6-8H,4-5,9H2,1-3H3,(H,17,20)(H,18,19). The first-order valence-corrected chi connectivity index (χ1v) is 7.02. The van der Waals surface area contributed by atoms with E-state index >= 15 is 0 Å². The summed E-state index contributed by atoms with van der Waals surface area (Å²) in [5.74, 6) is -1.20. The van der Waals surface area contributed by atoms with Gasteiger partial charge in [0.2, 0.25) is 0 Å². The second-order valence-corrected chi connectivity index (χ2v) is 5.41. The van der Waals surface area contributed by atoms with E-state index in [1.807, 2.05) is 20.8 Å². The molecule has 1 aromatic rings. The van der Waals surface area contributed by atoms with Gasteiger partial charge in [0.05, 0.1) is 12.0 Å². The molecule has 0 aliphatic heterocycles. The molecule has 0 fully saturated rings. The van der Waals surface area contributed by atoms with E-state index in [2.05, 4.69) is 5.32 Å². The highest BCUT2D eigenvalue weighted by Crippen LogP contribution is 2.22. The Labute approximate surface area is 124 Å². The molecule has 2 N–H and O–H groups in total. The third-order valence-electron chi connectivity index (χ3n) is 3.67. The van der Waals surface area contributed by atoms with E-state index < -0.39 is 11.5 Å². The monoisotopic (exact) mass is 297 g/mol. The van der Waals surface area contributed by atoms with E-state index in [4.69, 9.17) is 16.7 Å². The van der Waals surface area contributed by atoms with E-state index in [-0.39, 0.29) is 12.3 Å². The molecule has 4 nitrogen and oxygen atoms in total. The van der Waals surface area contributed by atoms with Crippen molar-refractivity contribution in [3.05, 3.63) is 34.3 Å². The van der Waals surface area contributed by atoms with Gasteiger partial charge >= 0.3 is 5.97 Å². The molecule has 0 atom stereocenters. The summed E-state index contributed by atoms with van der Waals surface area (Å²) in [5, 5.41) is 12.4. The van der Waals surface area contributed by atoms with Crippen molar-refractivity contribution in [2.45, 2.75) is 45.6 Å². The van der Waals surface area contributed by atoms with Crippen LogP contribution >= 0.6 is 11.6 Å². The number of hydrogen-bond donors (Lipinski definition) is 2. The maximum Gasteiger partial charge on any atom is 0.305 e. The Kier molecular flexibility index (Phi) is 5.57. The van der Waals surface area contributed by atoms with Gasteiger partial charge in [0.1, 0.15) is 0 Å². The predicted octanol–water partition coefficient (Wildman–Crippen LogP) is 3.41. The SMILES string of the molecule is CCC(CC)(CC(=O)O)NC(=O)c1cc(Cl)ccc1C. The molecular weight excluding hydrogens is 278 g/mol. The average molecular weight is 298 g/mol. The number of benzene rings is 1. The molecule has 0 aromatic heterocycles. The molecule has 5 heteroatoms. The number of carboxylic acids is 1.